The quantitative estimate of drug-likeness (QED) is 0.00706. The number of carbonyl (C=O) groups is 6. The van der Waals surface area contributed by atoms with Crippen LogP contribution in [0.2, 0.25) is 0 Å². The number of anilines is 2. The van der Waals surface area contributed by atoms with Gasteiger partial charge in [-0.15, -0.1) is 10.2 Å². The number of hydrogen-bond acceptors (Lipinski definition) is 27. The number of alkyl carbamates (subject to hydrolysis) is 2. The van der Waals surface area contributed by atoms with Crippen molar-refractivity contribution in [3.63, 3.8) is 0 Å². The van der Waals surface area contributed by atoms with Gasteiger partial charge in [-0.25, -0.2) is 38.4 Å². The first-order chi connectivity index (χ1) is 43.1. The number of nitro groups is 1. The van der Waals surface area contributed by atoms with Crippen molar-refractivity contribution in [1.29, 1.82) is 0 Å². The zero-order chi connectivity index (χ0) is 65.7. The van der Waals surface area contributed by atoms with Crippen molar-refractivity contribution in [2.24, 2.45) is 0 Å². The van der Waals surface area contributed by atoms with Crippen molar-refractivity contribution in [1.82, 2.24) is 40.6 Å². The number of ether oxygens (including phenoxy) is 6. The lowest BCUT2D eigenvalue weighted by molar-refractivity contribution is -0.384. The van der Waals surface area contributed by atoms with E-state index in [1.807, 2.05) is 36.9 Å². The minimum absolute atomic E-state index is 0.00489. The lowest BCUT2D eigenvalue weighted by Crippen LogP contribution is -2.28. The number of nitrogens with one attached hydrogen (secondary N) is 2. The second-order valence-electron chi connectivity index (χ2n) is 18.5. The summed E-state index contributed by atoms with van der Waals surface area (Å²) < 4.78 is 50.9. The number of likely N-dealkylation sites (N-methyl/N-ethyl adjacent to an activating group) is 2. The number of non-ortho nitro benzene ring substituents is 1. The molecule has 2 amide bonds. The first-order valence-electron chi connectivity index (χ1n) is 27.0. The Morgan fingerprint density at radius 2 is 1.10 bits per heavy atom. The number of aliphatic hydroxyl groups is 1. The van der Waals surface area contributed by atoms with Gasteiger partial charge in [-0.05, 0) is 69.7 Å². The molecule has 3 N–H and O–H groups in total. The summed E-state index contributed by atoms with van der Waals surface area (Å²) in [4.78, 5) is 105. The predicted molar refractivity (Wildman–Crippen MR) is 318 cm³/mol. The van der Waals surface area contributed by atoms with Crippen molar-refractivity contribution in [2.45, 2.75) is 67.2 Å². The number of benzene rings is 3. The molecule has 472 valence electrons. The van der Waals surface area contributed by atoms with E-state index < -0.39 is 52.6 Å². The Kier molecular flexibility index (Phi) is 27.5. The molecule has 3 aromatic carbocycles. The van der Waals surface area contributed by atoms with E-state index >= 15 is 0 Å². The van der Waals surface area contributed by atoms with Gasteiger partial charge in [-0.2, -0.15) is 0 Å². The molecule has 0 saturated carbocycles. The van der Waals surface area contributed by atoms with E-state index in [9.17, 15) is 53.6 Å². The molecular weight excluding hydrogens is 1180 g/mol. The van der Waals surface area contributed by atoms with Gasteiger partial charge in [0.15, 0.2) is 0 Å². The topological polar surface area (TPSA) is 392 Å². The van der Waals surface area contributed by atoms with Crippen molar-refractivity contribution in [3.05, 3.63) is 163 Å². The molecule has 0 saturated heterocycles. The third kappa shape index (κ3) is 22.7. The summed E-state index contributed by atoms with van der Waals surface area (Å²) in [6, 6.07) is 18.3. The summed E-state index contributed by atoms with van der Waals surface area (Å²) in [6.45, 7) is 17.0. The van der Waals surface area contributed by atoms with Crippen molar-refractivity contribution >= 4 is 91.5 Å². The molecule has 0 aliphatic carbocycles. The van der Waals surface area contributed by atoms with E-state index in [0.29, 0.717) is 83.7 Å². The average Bonchev–Trinajstić information content (AvgIpc) is 1.12. The van der Waals surface area contributed by atoms with Crippen LogP contribution in [-0.2, 0) is 82.1 Å². The zero-order valence-corrected chi connectivity index (χ0v) is 49.2. The number of hydrogen-bond donors (Lipinski definition) is 3. The summed E-state index contributed by atoms with van der Waals surface area (Å²) in [6.07, 6.45) is -0.161. The highest BCUT2D eigenvalue weighted by atomic mass is 16.7. The van der Waals surface area contributed by atoms with Crippen LogP contribution in [0.3, 0.4) is 0 Å². The Hall–Kier alpha value is -11.1. The number of rotatable bonds is 27. The molecule has 4 heterocycles. The van der Waals surface area contributed by atoms with Gasteiger partial charge in [-0.1, -0.05) is 23.6 Å². The van der Waals surface area contributed by atoms with Gasteiger partial charge >= 0.3 is 63.8 Å². The minimum Gasteiger partial charge on any atom is -0.513 e. The molecule has 7 rings (SSSR count). The van der Waals surface area contributed by atoms with Crippen LogP contribution in [0.4, 0.5) is 36.2 Å². The Bertz CT molecular complexity index is 3760. The highest BCUT2D eigenvalue weighted by molar-refractivity contribution is 6.04. The second kappa shape index (κ2) is 35.5. The number of carbonyl (C=O) groups excluding carboxylic acids is 6. The normalized spacial score (nSPS) is 10.4. The van der Waals surface area contributed by atoms with Crippen molar-refractivity contribution in [3.8, 4) is 5.75 Å². The third-order valence-electron chi connectivity index (χ3n) is 12.1. The molecule has 4 radical (unpaired) electrons. The third-order valence-corrected chi connectivity index (χ3v) is 12.1. The maximum absolute atomic E-state index is 12.0. The summed E-state index contributed by atoms with van der Waals surface area (Å²) >= 11 is 0. The van der Waals surface area contributed by atoms with E-state index in [2.05, 4.69) is 71.4 Å². The lowest BCUT2D eigenvalue weighted by Gasteiger charge is -2.23. The van der Waals surface area contributed by atoms with Crippen molar-refractivity contribution in [2.75, 3.05) is 62.3 Å². The molecule has 32 nitrogen and oxygen atoms in total. The summed E-state index contributed by atoms with van der Waals surface area (Å²) in [5.41, 5.74) is 3.65. The van der Waals surface area contributed by atoms with Gasteiger partial charge in [0, 0.05) is 101 Å². The van der Waals surface area contributed by atoms with E-state index in [1.165, 1.54) is 50.2 Å². The fraction of sp³-hybridized carbons (Fsp3) is 0.321. The van der Waals surface area contributed by atoms with Gasteiger partial charge < -0.3 is 72.1 Å². The number of fused-ring (bicyclic) bond motifs is 2. The van der Waals surface area contributed by atoms with E-state index in [4.69, 9.17) is 40.6 Å². The molecule has 0 aliphatic heterocycles. The van der Waals surface area contributed by atoms with Crippen LogP contribution >= 0.6 is 0 Å². The highest BCUT2D eigenvalue weighted by Crippen LogP contribution is 2.26. The highest BCUT2D eigenvalue weighted by Gasteiger charge is 2.16. The van der Waals surface area contributed by atoms with E-state index in [1.54, 1.807) is 40.0 Å². The first kappa shape index (κ1) is 69.7. The number of esters is 2. The zero-order valence-electron chi connectivity index (χ0n) is 49.2. The van der Waals surface area contributed by atoms with Crippen LogP contribution in [0.25, 0.3) is 21.9 Å². The predicted octanol–water partition coefficient (Wildman–Crippen LogP) is 4.94. The maximum Gasteiger partial charge on any atom is 0.494 e. The number of nitro benzene ring substituents is 1. The molecule has 0 unspecified atom stereocenters. The fourth-order valence-electron chi connectivity index (χ4n) is 7.64. The molecule has 7 aromatic rings. The van der Waals surface area contributed by atoms with Gasteiger partial charge in [0.05, 0.1) is 50.1 Å². The summed E-state index contributed by atoms with van der Waals surface area (Å²) in [7, 11) is 9.29. The average molecular weight is 1250 g/mol. The summed E-state index contributed by atoms with van der Waals surface area (Å²) in [5.74, 6) is -0.939. The molecular formula is C56H61B2N11O21. The Balaban J connectivity index is 0.000000271. The molecule has 0 spiro atoms. The van der Waals surface area contributed by atoms with Crippen LogP contribution in [0.1, 0.15) is 50.2 Å². The van der Waals surface area contributed by atoms with Crippen LogP contribution in [0, 0.1) is 10.1 Å². The number of aromatic nitrogens is 6. The van der Waals surface area contributed by atoms with Gasteiger partial charge in [0.2, 0.25) is 0 Å². The van der Waals surface area contributed by atoms with Crippen LogP contribution in [0.5, 0.6) is 5.75 Å². The van der Waals surface area contributed by atoms with Crippen molar-refractivity contribution < 1.29 is 85.4 Å². The fourth-order valence-corrected chi connectivity index (χ4v) is 7.64. The smallest absolute Gasteiger partial charge is 0.494 e. The molecule has 90 heavy (non-hydrogen) atoms. The Morgan fingerprint density at radius 3 is 1.52 bits per heavy atom. The summed E-state index contributed by atoms with van der Waals surface area (Å²) in [5, 5.41) is 42.1. The van der Waals surface area contributed by atoms with Gasteiger partial charge in [-0.3, -0.25) is 19.5 Å². The SMILES string of the molecule is C=C(C)C(=O)OCCNC(=O)OCc1cn(CCN(CC)c2ccc3c(CO)cc(=O)oc3c2)nn1.[B]OC(=O)OCc1cc(=O)oc2cc(N(CC)CCn3cc(COC(=O)NCCOC(=O)C(=C)C)nn3)ccc12.[B]OC(=O)Oc1ccc([N+](=O)[O-])cc1. The second-order valence-corrected chi connectivity index (χ2v) is 18.5. The Morgan fingerprint density at radius 1 is 0.644 bits per heavy atom. The lowest BCUT2D eigenvalue weighted by atomic mass is 10.1. The van der Waals surface area contributed by atoms with E-state index in [-0.39, 0.29) is 75.3 Å². The van der Waals surface area contributed by atoms with Crippen LogP contribution in [0.15, 0.2) is 128 Å². The van der Waals surface area contributed by atoms with Crippen LogP contribution < -0.4 is 36.4 Å². The molecule has 34 heteroatoms. The number of aliphatic hydroxyl groups excluding tert-OH is 1. The largest absolute Gasteiger partial charge is 0.513 e. The minimum atomic E-state index is -1.08. The first-order valence-corrected chi connectivity index (χ1v) is 27.0. The van der Waals surface area contributed by atoms with Gasteiger partial charge in [0.25, 0.3) is 5.69 Å². The molecule has 4 aromatic heterocycles. The van der Waals surface area contributed by atoms with Crippen LogP contribution in [-0.4, -0.2) is 145 Å². The molecule has 0 bridgehead atoms. The number of nitrogens with zero attached hydrogens (tertiary/aromatic N) is 9. The standard InChI is InChI=1S/C25H28BN5O9.C24H29N5O7.C7H4BNO5/c1-4-30(19-5-6-20-17(14-38-25(35)40-26)11-22(32)39-21(20)12-19)8-9-31-13-18(28-29-31)15-37-24(34)27-7-10-36-23(33)16(2)3;1-4-28(19-5-6-20-17(14-30)11-22(31)36-21(20)12-19)8-9-29-13-18(26-27-29)15-35-24(33)25-7-10-34-23(32)16(2)3;8-14-7(10)13-6-3-1-5(2-4-6)9(11)12/h5-6,11-13H,2,4,7-10,14-15H2,1,3H3,(H,27,34);5-6,11-13,30H,2,4,7-10,14-15H2,1,3H3,(H,25,33);1-4H. The van der Waals surface area contributed by atoms with Gasteiger partial charge in [0.1, 0.15) is 61.3 Å². The number of amides is 2. The molecule has 0 fully saturated rings. The van der Waals surface area contributed by atoms with E-state index in [0.717, 1.165) is 11.4 Å². The monoisotopic (exact) mass is 1250 g/mol. The Labute approximate surface area is 514 Å². The molecule has 0 aliphatic rings. The molecule has 0 atom stereocenters. The maximum atomic E-state index is 12.0.